The molecule has 24 heavy (non-hydrogen) atoms. The van der Waals surface area contributed by atoms with Gasteiger partial charge in [0.1, 0.15) is 17.2 Å². The van der Waals surface area contributed by atoms with E-state index < -0.39 is 11.9 Å². The fourth-order valence-electron chi connectivity index (χ4n) is 1.88. The van der Waals surface area contributed by atoms with Crippen LogP contribution in [0.2, 0.25) is 0 Å². The van der Waals surface area contributed by atoms with Crippen molar-refractivity contribution in [2.45, 2.75) is 26.2 Å². The van der Waals surface area contributed by atoms with Crippen molar-refractivity contribution in [2.75, 3.05) is 13.6 Å². The number of aliphatic imine (C=N–C) groups is 1. The number of guanidine groups is 1. The number of rotatable bonds is 5. The van der Waals surface area contributed by atoms with E-state index in [9.17, 15) is 13.2 Å². The van der Waals surface area contributed by atoms with Gasteiger partial charge in [0.2, 0.25) is 0 Å². The van der Waals surface area contributed by atoms with Crippen molar-refractivity contribution in [3.8, 4) is 0 Å². The second-order valence-corrected chi connectivity index (χ2v) is 5.89. The first kappa shape index (κ1) is 18.2. The highest BCUT2D eigenvalue weighted by Crippen LogP contribution is 2.30. The fraction of sp³-hybridized carbons (Fsp3) is 0.538. The molecule has 0 aliphatic rings. The monoisotopic (exact) mass is 361 g/mol. The fourth-order valence-corrected chi connectivity index (χ4v) is 2.60. The van der Waals surface area contributed by atoms with Crippen LogP contribution >= 0.6 is 11.3 Å². The Morgan fingerprint density at radius 2 is 2.21 bits per heavy atom. The number of alkyl halides is 3. The van der Waals surface area contributed by atoms with Crippen LogP contribution in [-0.4, -0.2) is 44.2 Å². The first-order chi connectivity index (χ1) is 11.3. The molecule has 0 aliphatic carbocycles. The molecule has 0 saturated heterocycles. The summed E-state index contributed by atoms with van der Waals surface area (Å²) in [6, 6.07) is 0. The van der Waals surface area contributed by atoms with E-state index in [4.69, 9.17) is 0 Å². The number of hydrogen-bond donors (Lipinski definition) is 1. The summed E-state index contributed by atoms with van der Waals surface area (Å²) in [4.78, 5) is 13.9. The molecule has 0 aliphatic heterocycles. The molecule has 0 spiro atoms. The van der Waals surface area contributed by atoms with E-state index in [2.05, 4.69) is 25.4 Å². The molecule has 0 saturated carbocycles. The molecule has 1 N–H and O–H groups in total. The molecule has 0 unspecified atom stereocenters. The second-order valence-electron chi connectivity index (χ2n) is 4.95. The third kappa shape index (κ3) is 4.66. The minimum atomic E-state index is -4.43. The zero-order valence-electron chi connectivity index (χ0n) is 13.5. The van der Waals surface area contributed by atoms with Crippen molar-refractivity contribution in [3.63, 3.8) is 0 Å². The van der Waals surface area contributed by atoms with Gasteiger partial charge in [-0.15, -0.1) is 11.3 Å². The second kappa shape index (κ2) is 7.60. The topological polar surface area (TPSA) is 71.2 Å². The number of nitrogens with one attached hydrogen (secondary N) is 1. The minimum absolute atomic E-state index is 0.0756. The van der Waals surface area contributed by atoms with Crippen LogP contribution in [0.5, 0.6) is 0 Å². The summed E-state index contributed by atoms with van der Waals surface area (Å²) in [6.45, 7) is 3.09. The van der Waals surface area contributed by atoms with Gasteiger partial charge in [-0.25, -0.2) is 15.0 Å². The van der Waals surface area contributed by atoms with Gasteiger partial charge in [0, 0.05) is 26.0 Å². The molecular weight excluding hydrogens is 343 g/mol. The first-order valence-corrected chi connectivity index (χ1v) is 8.03. The minimum Gasteiger partial charge on any atom is -0.357 e. The van der Waals surface area contributed by atoms with Crippen molar-refractivity contribution in [1.82, 2.24) is 30.0 Å². The largest absolute Gasteiger partial charge is 0.434 e. The van der Waals surface area contributed by atoms with Crippen LogP contribution in [0.25, 0.3) is 0 Å². The zero-order chi connectivity index (χ0) is 17.7. The van der Waals surface area contributed by atoms with Gasteiger partial charge in [0.05, 0.1) is 13.1 Å². The molecule has 0 amide bonds. The lowest BCUT2D eigenvalue weighted by atomic mass is 10.5. The lowest BCUT2D eigenvalue weighted by Crippen LogP contribution is -2.39. The lowest BCUT2D eigenvalue weighted by molar-refractivity contribution is -0.140. The standard InChI is InChI=1S/C13H18F3N7S/c1-4-17-12(22(2)6-10-19-8-20-23(10)3)18-5-11-21-9(7-24-11)13(14,15)16/h7-8H,4-6H2,1-3H3,(H,17,18). The highest BCUT2D eigenvalue weighted by atomic mass is 32.1. The quantitative estimate of drug-likeness (QED) is 0.650. The molecule has 2 heterocycles. The van der Waals surface area contributed by atoms with Gasteiger partial charge in [0.15, 0.2) is 11.7 Å². The van der Waals surface area contributed by atoms with Gasteiger partial charge >= 0.3 is 6.18 Å². The van der Waals surface area contributed by atoms with Gasteiger partial charge in [-0.05, 0) is 6.92 Å². The molecule has 2 aromatic rings. The van der Waals surface area contributed by atoms with Gasteiger partial charge in [-0.2, -0.15) is 18.3 Å². The summed E-state index contributed by atoms with van der Waals surface area (Å²) in [5, 5.41) is 8.40. The Bertz CT molecular complexity index is 692. The lowest BCUT2D eigenvalue weighted by Gasteiger charge is -2.21. The van der Waals surface area contributed by atoms with E-state index >= 15 is 0 Å². The van der Waals surface area contributed by atoms with Crippen molar-refractivity contribution in [3.05, 3.63) is 28.2 Å². The Morgan fingerprint density at radius 1 is 1.46 bits per heavy atom. The molecule has 2 aromatic heterocycles. The van der Waals surface area contributed by atoms with Crippen LogP contribution in [0.4, 0.5) is 13.2 Å². The number of hydrogen-bond acceptors (Lipinski definition) is 5. The summed E-state index contributed by atoms with van der Waals surface area (Å²) in [5.41, 5.74) is -0.879. The summed E-state index contributed by atoms with van der Waals surface area (Å²) in [7, 11) is 3.60. The van der Waals surface area contributed by atoms with Crippen molar-refractivity contribution in [2.24, 2.45) is 12.0 Å². The third-order valence-corrected chi connectivity index (χ3v) is 3.92. The van der Waals surface area contributed by atoms with Crippen LogP contribution in [0.15, 0.2) is 16.7 Å². The van der Waals surface area contributed by atoms with E-state index in [-0.39, 0.29) is 6.54 Å². The molecule has 0 atom stereocenters. The summed E-state index contributed by atoms with van der Waals surface area (Å²) in [5.74, 6) is 1.31. The van der Waals surface area contributed by atoms with Crippen LogP contribution in [0.1, 0.15) is 23.4 Å². The summed E-state index contributed by atoms with van der Waals surface area (Å²) < 4.78 is 39.4. The number of nitrogens with zero attached hydrogens (tertiary/aromatic N) is 6. The Labute approximate surface area is 141 Å². The number of thiazole rings is 1. The average Bonchev–Trinajstić information content (AvgIpc) is 3.13. The van der Waals surface area contributed by atoms with Crippen LogP contribution < -0.4 is 5.32 Å². The predicted octanol–water partition coefficient (Wildman–Crippen LogP) is 1.89. The third-order valence-electron chi connectivity index (χ3n) is 3.09. The molecule has 2 rings (SSSR count). The van der Waals surface area contributed by atoms with Gasteiger partial charge in [-0.3, -0.25) is 4.68 Å². The molecule has 0 fully saturated rings. The SMILES string of the molecule is CCNC(=NCc1nc(C(F)(F)F)cs1)N(C)Cc1ncnn1C. The van der Waals surface area contributed by atoms with Gasteiger partial charge < -0.3 is 10.2 Å². The highest BCUT2D eigenvalue weighted by molar-refractivity contribution is 7.09. The highest BCUT2D eigenvalue weighted by Gasteiger charge is 2.33. The Hall–Kier alpha value is -2.17. The maximum absolute atomic E-state index is 12.6. The summed E-state index contributed by atoms with van der Waals surface area (Å²) in [6.07, 6.45) is -2.97. The molecule has 0 aromatic carbocycles. The Kier molecular flexibility index (Phi) is 5.75. The molecule has 0 bridgehead atoms. The maximum Gasteiger partial charge on any atom is 0.434 e. The Balaban J connectivity index is 2.07. The van der Waals surface area contributed by atoms with E-state index in [0.29, 0.717) is 24.1 Å². The van der Waals surface area contributed by atoms with E-state index in [1.54, 1.807) is 11.7 Å². The first-order valence-electron chi connectivity index (χ1n) is 7.15. The number of aryl methyl sites for hydroxylation is 1. The number of halogens is 3. The zero-order valence-corrected chi connectivity index (χ0v) is 14.3. The summed E-state index contributed by atoms with van der Waals surface area (Å²) >= 11 is 0.945. The predicted molar refractivity (Wildman–Crippen MR) is 84.4 cm³/mol. The van der Waals surface area contributed by atoms with Crippen molar-refractivity contribution >= 4 is 17.3 Å². The molecule has 0 radical (unpaired) electrons. The van der Waals surface area contributed by atoms with Crippen molar-refractivity contribution in [1.29, 1.82) is 0 Å². The van der Waals surface area contributed by atoms with Crippen molar-refractivity contribution < 1.29 is 13.2 Å². The molecular formula is C13H18F3N7S. The normalized spacial score (nSPS) is 12.5. The molecule has 7 nitrogen and oxygen atoms in total. The Morgan fingerprint density at radius 3 is 2.75 bits per heavy atom. The van der Waals surface area contributed by atoms with Gasteiger partial charge in [-0.1, -0.05) is 0 Å². The number of aromatic nitrogens is 4. The maximum atomic E-state index is 12.6. The smallest absolute Gasteiger partial charge is 0.357 e. The van der Waals surface area contributed by atoms with Crippen LogP contribution in [-0.2, 0) is 26.3 Å². The average molecular weight is 361 g/mol. The molecule has 11 heteroatoms. The van der Waals surface area contributed by atoms with Crippen LogP contribution in [0, 0.1) is 0 Å². The van der Waals surface area contributed by atoms with Gasteiger partial charge in [0.25, 0.3) is 0 Å². The van der Waals surface area contributed by atoms with Crippen LogP contribution in [0.3, 0.4) is 0 Å². The molecule has 132 valence electrons. The van der Waals surface area contributed by atoms with E-state index in [0.717, 1.165) is 22.5 Å². The van der Waals surface area contributed by atoms with E-state index in [1.165, 1.54) is 6.33 Å². The van der Waals surface area contributed by atoms with E-state index in [1.807, 2.05) is 18.9 Å².